The molecule has 3 aromatic carbocycles. The number of ether oxygens (including phenoxy) is 3. The van der Waals surface area contributed by atoms with Crippen LogP contribution in [0.4, 0.5) is 0 Å². The highest BCUT2D eigenvalue weighted by Gasteiger charge is 2.31. The smallest absolute Gasteiger partial charge is 0.353 e. The van der Waals surface area contributed by atoms with E-state index < -0.39 is 11.9 Å². The molecule has 1 aliphatic heterocycles. The molecule has 8 heteroatoms. The summed E-state index contributed by atoms with van der Waals surface area (Å²) in [6, 6.07) is 25.7. The van der Waals surface area contributed by atoms with Crippen LogP contribution < -0.4 is 19.9 Å². The molecule has 4 aromatic rings. The van der Waals surface area contributed by atoms with Crippen molar-refractivity contribution in [3.05, 3.63) is 122 Å². The Morgan fingerprint density at radius 3 is 2.56 bits per heavy atom. The summed E-state index contributed by atoms with van der Waals surface area (Å²) in [5.41, 5.74) is 8.88. The maximum Gasteiger partial charge on any atom is 0.353 e. The molecule has 0 saturated carbocycles. The predicted molar refractivity (Wildman–Crippen MR) is 137 cm³/mol. The molecule has 0 fully saturated rings. The first-order valence-electron chi connectivity index (χ1n) is 11.0. The number of carbonyl (C=O) groups excluding carboxylic acids is 1. The number of fused-ring (bicyclic) bond motifs is 1. The van der Waals surface area contributed by atoms with Crippen LogP contribution in [0, 0.1) is 11.3 Å². The van der Waals surface area contributed by atoms with Crippen LogP contribution >= 0.6 is 22.9 Å². The molecule has 1 unspecified atom stereocenters. The highest BCUT2D eigenvalue weighted by atomic mass is 35.5. The SMILES string of the molecule is N#CC1=C(N)Oc2cc(OC(=O)c3cccs3)ccc2C1c1ccc(OCc2ccccc2Cl)cc1. The number of nitriles is 1. The minimum absolute atomic E-state index is 0.00998. The first-order chi connectivity index (χ1) is 17.5. The monoisotopic (exact) mass is 514 g/mol. The van der Waals surface area contributed by atoms with Crippen molar-refractivity contribution >= 4 is 28.9 Å². The normalized spacial score (nSPS) is 14.4. The number of allylic oxidation sites excluding steroid dienone is 1. The minimum atomic E-state index is -0.453. The van der Waals surface area contributed by atoms with Crippen LogP contribution in [0.2, 0.25) is 5.02 Å². The molecule has 1 aliphatic rings. The number of halogens is 1. The van der Waals surface area contributed by atoms with E-state index in [1.807, 2.05) is 48.5 Å². The lowest BCUT2D eigenvalue weighted by Gasteiger charge is -2.26. The van der Waals surface area contributed by atoms with Crippen LogP contribution in [0.5, 0.6) is 17.2 Å². The van der Waals surface area contributed by atoms with Crippen LogP contribution in [0.15, 0.2) is 95.7 Å². The fourth-order valence-electron chi connectivity index (χ4n) is 3.93. The second-order valence-corrected chi connectivity index (χ2v) is 9.30. The zero-order valence-electron chi connectivity index (χ0n) is 18.8. The zero-order chi connectivity index (χ0) is 25.1. The van der Waals surface area contributed by atoms with Crippen molar-refractivity contribution in [2.24, 2.45) is 5.73 Å². The van der Waals surface area contributed by atoms with E-state index in [0.29, 0.717) is 39.3 Å². The Balaban J connectivity index is 1.39. The number of nitrogens with two attached hydrogens (primary N) is 1. The Morgan fingerprint density at radius 2 is 1.83 bits per heavy atom. The molecule has 0 radical (unpaired) electrons. The molecule has 0 aliphatic carbocycles. The van der Waals surface area contributed by atoms with Gasteiger partial charge in [0.25, 0.3) is 0 Å². The van der Waals surface area contributed by atoms with Gasteiger partial charge >= 0.3 is 5.97 Å². The Labute approximate surface area is 216 Å². The van der Waals surface area contributed by atoms with Gasteiger partial charge in [0.15, 0.2) is 0 Å². The largest absolute Gasteiger partial charge is 0.489 e. The second kappa shape index (κ2) is 10.2. The zero-order valence-corrected chi connectivity index (χ0v) is 20.4. The van der Waals surface area contributed by atoms with Gasteiger partial charge in [0, 0.05) is 22.2 Å². The van der Waals surface area contributed by atoms with Crippen molar-refractivity contribution in [2.45, 2.75) is 12.5 Å². The van der Waals surface area contributed by atoms with E-state index in [9.17, 15) is 10.1 Å². The molecule has 1 atom stereocenters. The molecule has 2 heterocycles. The number of esters is 1. The van der Waals surface area contributed by atoms with Crippen LogP contribution in [-0.2, 0) is 6.61 Å². The Hall–Kier alpha value is -4.25. The summed E-state index contributed by atoms with van der Waals surface area (Å²) in [5.74, 6) is 0.520. The van der Waals surface area contributed by atoms with Gasteiger partial charge in [-0.25, -0.2) is 4.79 Å². The van der Waals surface area contributed by atoms with Crippen LogP contribution in [0.25, 0.3) is 0 Å². The first kappa shape index (κ1) is 23.5. The number of hydrogen-bond donors (Lipinski definition) is 1. The third kappa shape index (κ3) is 4.78. The summed E-state index contributed by atoms with van der Waals surface area (Å²) in [5, 5.41) is 12.3. The van der Waals surface area contributed by atoms with Gasteiger partial charge < -0.3 is 19.9 Å². The lowest BCUT2D eigenvalue weighted by molar-refractivity contribution is 0.0739. The molecular formula is C28H19ClN2O4S. The second-order valence-electron chi connectivity index (χ2n) is 7.94. The van der Waals surface area contributed by atoms with E-state index in [-0.39, 0.29) is 5.88 Å². The van der Waals surface area contributed by atoms with Crippen LogP contribution in [-0.4, -0.2) is 5.97 Å². The van der Waals surface area contributed by atoms with Crippen molar-refractivity contribution in [2.75, 3.05) is 0 Å². The molecular weight excluding hydrogens is 496 g/mol. The number of nitrogens with zero attached hydrogens (tertiary/aromatic N) is 1. The van der Waals surface area contributed by atoms with Gasteiger partial charge in [-0.15, -0.1) is 11.3 Å². The molecule has 2 N–H and O–H groups in total. The Kier molecular flexibility index (Phi) is 6.63. The minimum Gasteiger partial charge on any atom is -0.489 e. The van der Waals surface area contributed by atoms with Crippen molar-refractivity contribution in [1.29, 1.82) is 5.26 Å². The molecule has 36 heavy (non-hydrogen) atoms. The van der Waals surface area contributed by atoms with Gasteiger partial charge in [0.05, 0.1) is 5.92 Å². The summed E-state index contributed by atoms with van der Waals surface area (Å²) in [6.45, 7) is 0.336. The molecule has 0 spiro atoms. The van der Waals surface area contributed by atoms with Crippen molar-refractivity contribution in [1.82, 2.24) is 0 Å². The molecule has 5 rings (SSSR count). The average Bonchev–Trinajstić information content (AvgIpc) is 3.43. The van der Waals surface area contributed by atoms with Crippen LogP contribution in [0.1, 0.15) is 32.3 Å². The molecule has 1 aromatic heterocycles. The van der Waals surface area contributed by atoms with Crippen molar-refractivity contribution in [3.63, 3.8) is 0 Å². The van der Waals surface area contributed by atoms with Gasteiger partial charge in [-0.1, -0.05) is 54.1 Å². The summed E-state index contributed by atoms with van der Waals surface area (Å²) in [4.78, 5) is 12.8. The van der Waals surface area contributed by atoms with E-state index in [1.54, 1.807) is 35.7 Å². The third-order valence-corrected chi connectivity index (χ3v) is 6.91. The van der Waals surface area contributed by atoms with Crippen molar-refractivity contribution in [3.8, 4) is 23.3 Å². The number of benzene rings is 3. The quantitative estimate of drug-likeness (QED) is 0.236. The number of hydrogen-bond acceptors (Lipinski definition) is 7. The van der Waals surface area contributed by atoms with Crippen LogP contribution in [0.3, 0.4) is 0 Å². The lowest BCUT2D eigenvalue weighted by Crippen LogP contribution is -2.21. The fourth-order valence-corrected chi connectivity index (χ4v) is 4.72. The summed E-state index contributed by atoms with van der Waals surface area (Å²) < 4.78 is 17.1. The predicted octanol–water partition coefficient (Wildman–Crippen LogP) is 6.42. The standard InChI is InChI=1S/C28H19ClN2O4S/c29-23-5-2-1-4-18(23)16-33-19-9-7-17(8-10-19)26-21-12-11-20(34-28(32)25-6-3-13-36-25)14-24(21)35-27(31)22(26)15-30/h1-14,26H,16,31H2. The lowest BCUT2D eigenvalue weighted by atomic mass is 9.83. The highest BCUT2D eigenvalue weighted by molar-refractivity contribution is 7.12. The van der Waals surface area contributed by atoms with Gasteiger partial charge in [-0.3, -0.25) is 0 Å². The van der Waals surface area contributed by atoms with E-state index in [1.165, 1.54) is 11.3 Å². The number of carbonyl (C=O) groups is 1. The molecule has 178 valence electrons. The average molecular weight is 515 g/mol. The highest BCUT2D eigenvalue weighted by Crippen LogP contribution is 2.43. The topological polar surface area (TPSA) is 94.6 Å². The van der Waals surface area contributed by atoms with E-state index in [4.69, 9.17) is 31.5 Å². The van der Waals surface area contributed by atoms with Crippen molar-refractivity contribution < 1.29 is 19.0 Å². The number of thiophene rings is 1. The number of rotatable bonds is 6. The summed E-state index contributed by atoms with van der Waals surface area (Å²) in [7, 11) is 0. The fraction of sp³-hybridized carbons (Fsp3) is 0.0714. The van der Waals surface area contributed by atoms with E-state index in [2.05, 4.69) is 6.07 Å². The molecule has 0 saturated heterocycles. The maximum atomic E-state index is 12.3. The maximum absolute atomic E-state index is 12.3. The summed E-state index contributed by atoms with van der Waals surface area (Å²) >= 11 is 7.51. The van der Waals surface area contributed by atoms with Gasteiger partial charge in [0.1, 0.15) is 40.4 Å². The molecule has 0 amide bonds. The van der Waals surface area contributed by atoms with E-state index >= 15 is 0 Å². The first-order valence-corrected chi connectivity index (χ1v) is 12.2. The Morgan fingerprint density at radius 1 is 1.06 bits per heavy atom. The van der Waals surface area contributed by atoms with Gasteiger partial charge in [-0.2, -0.15) is 5.26 Å². The van der Waals surface area contributed by atoms with Gasteiger partial charge in [0.2, 0.25) is 5.88 Å². The Bertz CT molecular complexity index is 1490. The molecule has 0 bridgehead atoms. The van der Waals surface area contributed by atoms with Gasteiger partial charge in [-0.05, 0) is 41.3 Å². The third-order valence-electron chi connectivity index (χ3n) is 5.69. The van der Waals surface area contributed by atoms with E-state index in [0.717, 1.165) is 16.7 Å². The molecule has 6 nitrogen and oxygen atoms in total. The summed E-state index contributed by atoms with van der Waals surface area (Å²) in [6.07, 6.45) is 0.